The number of β-amino-alcohol motifs (C(OH)–C–C–N with tert-alkyl or cyclic N) is 1. The second-order valence-electron chi connectivity index (χ2n) is 19.7. The predicted octanol–water partition coefficient (Wildman–Crippen LogP) is 7.91. The molecule has 1 fully saturated rings. The van der Waals surface area contributed by atoms with E-state index in [1.54, 1.807) is 16.8 Å². The van der Waals surface area contributed by atoms with Crippen molar-refractivity contribution in [3.05, 3.63) is 106 Å². The maximum Gasteiger partial charge on any atom is 0.246 e. The van der Waals surface area contributed by atoms with Gasteiger partial charge in [0.25, 0.3) is 0 Å². The van der Waals surface area contributed by atoms with Gasteiger partial charge in [-0.05, 0) is 88.1 Å². The Bertz CT molecular complexity index is 2510. The number of rotatable bonds is 18. The number of thiazole rings is 1. The Morgan fingerprint density at radius 2 is 1.73 bits per heavy atom. The van der Waals surface area contributed by atoms with Gasteiger partial charge in [0.05, 0.1) is 41.4 Å². The van der Waals surface area contributed by atoms with Gasteiger partial charge in [-0.15, -0.1) is 11.3 Å². The van der Waals surface area contributed by atoms with Crippen molar-refractivity contribution in [1.29, 1.82) is 0 Å². The van der Waals surface area contributed by atoms with E-state index in [1.165, 1.54) is 30.9 Å². The van der Waals surface area contributed by atoms with E-state index in [2.05, 4.69) is 25.9 Å². The number of halogens is 3. The number of carbonyl (C=O) groups excluding carboxylic acids is 3. The molecule has 360 valence electrons. The van der Waals surface area contributed by atoms with Crippen molar-refractivity contribution < 1.29 is 37.4 Å². The van der Waals surface area contributed by atoms with Crippen LogP contribution >= 0.6 is 11.3 Å². The Hall–Kier alpha value is -5.29. The first-order chi connectivity index (χ1) is 31.8. The first-order valence-corrected chi connectivity index (χ1v) is 24.1. The maximum atomic E-state index is 16.1. The molecule has 67 heavy (non-hydrogen) atoms. The monoisotopic (exact) mass is 943 g/mol. The lowest BCUT2D eigenvalue weighted by molar-refractivity contribution is -0.144. The maximum absolute atomic E-state index is 16.1. The summed E-state index contributed by atoms with van der Waals surface area (Å²) < 4.78 is 53.1. The van der Waals surface area contributed by atoms with Gasteiger partial charge in [0.1, 0.15) is 35.1 Å². The number of aryl methyl sites for hydroxylation is 1. The molecule has 0 saturated carbocycles. The summed E-state index contributed by atoms with van der Waals surface area (Å²) in [4.78, 5) is 52.6. The smallest absolute Gasteiger partial charge is 0.246 e. The first kappa shape index (κ1) is 49.6. The summed E-state index contributed by atoms with van der Waals surface area (Å²) in [6.45, 7) is 13.2. The molecule has 2 aliphatic heterocycles. The minimum Gasteiger partial charge on any atom is -0.493 e. The van der Waals surface area contributed by atoms with Gasteiger partial charge >= 0.3 is 0 Å². The highest BCUT2D eigenvalue weighted by atomic mass is 32.1. The third-order valence-corrected chi connectivity index (χ3v) is 13.6. The number of para-hydroxylation sites is 1. The number of hydrogen-bond acceptors (Lipinski definition) is 9. The molecule has 5 aromatic rings. The van der Waals surface area contributed by atoms with Crippen molar-refractivity contribution in [2.75, 3.05) is 32.8 Å². The van der Waals surface area contributed by atoms with Crippen LogP contribution in [-0.4, -0.2) is 105 Å². The molecule has 5 N–H and O–H groups in total. The van der Waals surface area contributed by atoms with Crippen molar-refractivity contribution in [2.24, 2.45) is 5.41 Å². The average Bonchev–Trinajstić information content (AvgIpc) is 3.99. The fraction of sp³-hybridized carbons (Fsp3) is 0.490. The summed E-state index contributed by atoms with van der Waals surface area (Å²) in [6, 6.07) is 15.1. The topological polar surface area (TPSA) is 152 Å². The number of nitrogens with zero attached hydrogens (tertiary/aromatic N) is 3. The highest BCUT2D eigenvalue weighted by Gasteiger charge is 2.45. The van der Waals surface area contributed by atoms with E-state index < -0.39 is 52.9 Å². The molecule has 0 radical (unpaired) electrons. The number of fused-ring (bicyclic) bond motifs is 3. The number of carbonyl (C=O) groups is 3. The lowest BCUT2D eigenvalue weighted by Gasteiger charge is -2.43. The van der Waals surface area contributed by atoms with E-state index in [9.17, 15) is 19.5 Å². The molecule has 0 spiro atoms. The van der Waals surface area contributed by atoms with Gasteiger partial charge in [-0.25, -0.2) is 18.2 Å². The van der Waals surface area contributed by atoms with E-state index >= 15 is 13.2 Å². The molecular weight excluding hydrogens is 880 g/mol. The fourth-order valence-electron chi connectivity index (χ4n) is 9.32. The summed E-state index contributed by atoms with van der Waals surface area (Å²) >= 11 is 1.57. The highest BCUT2D eigenvalue weighted by molar-refractivity contribution is 7.13. The largest absolute Gasteiger partial charge is 0.493 e. The molecule has 0 unspecified atom stereocenters. The van der Waals surface area contributed by atoms with Gasteiger partial charge in [-0.1, -0.05) is 63.2 Å². The number of benzene rings is 3. The third-order valence-electron chi connectivity index (χ3n) is 12.7. The summed E-state index contributed by atoms with van der Waals surface area (Å²) in [5.41, 5.74) is 4.74. The number of alkyl halides is 1. The number of aromatic amines is 1. The third kappa shape index (κ3) is 11.9. The number of H-pyrrole nitrogens is 1. The number of hydrogen-bond donors (Lipinski definition) is 5. The van der Waals surface area contributed by atoms with Crippen LogP contribution in [0.5, 0.6) is 5.75 Å². The van der Waals surface area contributed by atoms with E-state index in [0.29, 0.717) is 37.9 Å². The number of nitrogens with one attached hydrogen (secondary N) is 4. The molecule has 1 saturated heterocycles. The van der Waals surface area contributed by atoms with Crippen LogP contribution in [0, 0.1) is 24.0 Å². The highest BCUT2D eigenvalue weighted by Crippen LogP contribution is 2.44. The first-order valence-electron chi connectivity index (χ1n) is 23.2. The van der Waals surface area contributed by atoms with Crippen LogP contribution in [0.3, 0.4) is 0 Å². The Morgan fingerprint density at radius 3 is 2.40 bits per heavy atom. The quantitative estimate of drug-likeness (QED) is 0.0557. The van der Waals surface area contributed by atoms with E-state index in [1.807, 2.05) is 88.0 Å². The summed E-state index contributed by atoms with van der Waals surface area (Å²) in [5, 5.41) is 20.5. The number of ether oxygens (including phenoxy) is 1. The molecule has 4 heterocycles. The van der Waals surface area contributed by atoms with Gasteiger partial charge < -0.3 is 35.7 Å². The Balaban J connectivity index is 0.865. The van der Waals surface area contributed by atoms with Crippen LogP contribution in [0.1, 0.15) is 101 Å². The Kier molecular flexibility index (Phi) is 15.5. The number of amides is 3. The van der Waals surface area contributed by atoms with Crippen molar-refractivity contribution in [3.8, 4) is 16.2 Å². The number of likely N-dealkylation sites (tertiary alicyclic amines) is 1. The van der Waals surface area contributed by atoms with Crippen LogP contribution in [0.15, 0.2) is 66.2 Å². The normalized spacial score (nSPS) is 19.4. The molecule has 2 aliphatic rings. The lowest BCUT2D eigenvalue weighted by Crippen LogP contribution is -2.58. The van der Waals surface area contributed by atoms with Crippen molar-refractivity contribution in [2.45, 2.75) is 123 Å². The summed E-state index contributed by atoms with van der Waals surface area (Å²) in [6.07, 6.45) is 1.80. The summed E-state index contributed by atoms with van der Waals surface area (Å²) in [5.74, 6) is -2.67. The van der Waals surface area contributed by atoms with Crippen LogP contribution in [0.25, 0.3) is 21.3 Å². The molecule has 7 rings (SSSR count). The van der Waals surface area contributed by atoms with Gasteiger partial charge in [0, 0.05) is 66.4 Å². The zero-order valence-electron chi connectivity index (χ0n) is 39.5. The lowest BCUT2D eigenvalue weighted by atomic mass is 9.85. The predicted molar refractivity (Wildman–Crippen MR) is 255 cm³/mol. The van der Waals surface area contributed by atoms with Gasteiger partial charge in [0.15, 0.2) is 0 Å². The van der Waals surface area contributed by atoms with Crippen molar-refractivity contribution in [1.82, 2.24) is 35.7 Å². The molecule has 12 nitrogen and oxygen atoms in total. The average molecular weight is 944 g/mol. The molecule has 3 amide bonds. The van der Waals surface area contributed by atoms with Crippen LogP contribution in [0.4, 0.5) is 13.2 Å². The molecule has 0 aliphatic carbocycles. The second kappa shape index (κ2) is 20.9. The molecule has 3 aromatic carbocycles. The van der Waals surface area contributed by atoms with Crippen LogP contribution in [-0.2, 0) is 27.3 Å². The minimum atomic E-state index is -1.60. The van der Waals surface area contributed by atoms with Crippen molar-refractivity contribution >= 4 is 40.0 Å². The standard InChI is InChI=1S/C51H64F3N7O5S/c1-30-21-37-36-13-9-10-14-40(36)58-44(37)45(61(30)28-51(6,7)54)43-38(52)23-35(24-39(43)53)66-20-12-8-11-19-55-26-42(63)59-47(50(3,4)5)49(65)60-27-34(62)22-41(60)48(64)56-25-32-15-17-33(18-16-32)46-31(2)57-29-67-46/h9-10,13-18,23-24,29-30,34,41,45,47,55,58,62H,8,11-12,19-22,25-28H2,1-7H3,(H,56,64)(H,59,63)/t30-,34-,41+,45-,47-/m1/s1. The summed E-state index contributed by atoms with van der Waals surface area (Å²) in [7, 11) is 0. The molecule has 2 aromatic heterocycles. The van der Waals surface area contributed by atoms with Crippen LogP contribution in [0.2, 0.25) is 0 Å². The SMILES string of the molecule is Cc1ncsc1-c1ccc(CNC(=O)[C@@H]2C[C@@H](O)CN2C(=O)[C@@H](NC(=O)CNCCCCCOc2cc(F)c([C@@H]3c4[nH]c5ccccc5c4C[C@@H](C)N3CC(C)(C)F)c(F)c2)C(C)(C)C)cc1. The molecular formula is C51H64F3N7O5S. The van der Waals surface area contributed by atoms with Gasteiger partial charge in [0.2, 0.25) is 17.7 Å². The molecule has 5 atom stereocenters. The minimum absolute atomic E-state index is 0.0131. The number of aliphatic hydroxyl groups is 1. The van der Waals surface area contributed by atoms with Crippen LogP contribution < -0.4 is 20.7 Å². The zero-order valence-corrected chi connectivity index (χ0v) is 40.3. The number of unbranched alkanes of at least 4 members (excludes halogenated alkanes) is 2. The molecule has 0 bridgehead atoms. The molecule has 16 heteroatoms. The zero-order chi connectivity index (χ0) is 48.2. The van der Waals surface area contributed by atoms with E-state index in [4.69, 9.17) is 4.74 Å². The van der Waals surface area contributed by atoms with E-state index in [-0.39, 0.29) is 68.4 Å². The second-order valence-corrected chi connectivity index (χ2v) is 20.6. The fourth-order valence-corrected chi connectivity index (χ4v) is 10.1. The van der Waals surface area contributed by atoms with E-state index in [0.717, 1.165) is 38.2 Å². The number of aliphatic hydroxyl groups excluding tert-OH is 1. The Labute approximate surface area is 395 Å². The van der Waals surface area contributed by atoms with Crippen molar-refractivity contribution in [3.63, 3.8) is 0 Å². The van der Waals surface area contributed by atoms with Gasteiger partial charge in [-0.3, -0.25) is 19.3 Å². The number of aromatic nitrogens is 2. The Morgan fingerprint density at radius 1 is 1.01 bits per heavy atom. The van der Waals surface area contributed by atoms with Gasteiger partial charge in [-0.2, -0.15) is 0 Å².